The molecule has 0 aliphatic rings. The average Bonchev–Trinajstić information content (AvgIpc) is 2.98. The van der Waals surface area contributed by atoms with E-state index in [2.05, 4.69) is 20.9 Å². The van der Waals surface area contributed by atoms with Crippen molar-refractivity contribution in [2.75, 3.05) is 10.6 Å². The molecule has 3 aromatic rings. The predicted molar refractivity (Wildman–Crippen MR) is 113 cm³/mol. The van der Waals surface area contributed by atoms with Crippen LogP contribution < -0.4 is 10.6 Å². The van der Waals surface area contributed by atoms with Gasteiger partial charge in [0.05, 0.1) is 5.69 Å². The molecule has 1 heterocycles. The van der Waals surface area contributed by atoms with Gasteiger partial charge in [-0.3, -0.25) is 9.59 Å². The van der Waals surface area contributed by atoms with Crippen LogP contribution in [0.1, 0.15) is 32.9 Å². The number of benzene rings is 2. The summed E-state index contributed by atoms with van der Waals surface area (Å²) in [7, 11) is 0. The van der Waals surface area contributed by atoms with Gasteiger partial charge >= 0.3 is 0 Å². The van der Waals surface area contributed by atoms with Crippen molar-refractivity contribution >= 4 is 34.8 Å². The van der Waals surface area contributed by atoms with E-state index in [-0.39, 0.29) is 24.1 Å². The average molecular weight is 412 g/mol. The molecule has 0 unspecified atom stereocenters. The quantitative estimate of drug-likeness (QED) is 0.662. The summed E-state index contributed by atoms with van der Waals surface area (Å²) in [6.07, 6.45) is 0. The Bertz CT molecular complexity index is 1070. The second kappa shape index (κ2) is 8.45. The number of nitrogens with zero attached hydrogens (tertiary/aromatic N) is 3. The van der Waals surface area contributed by atoms with Crippen molar-refractivity contribution in [2.45, 2.75) is 34.2 Å². The molecule has 7 nitrogen and oxygen atoms in total. The second-order valence-corrected chi connectivity index (χ2v) is 7.40. The van der Waals surface area contributed by atoms with Crippen LogP contribution in [0.4, 0.5) is 11.4 Å². The third-order valence-corrected chi connectivity index (χ3v) is 4.75. The summed E-state index contributed by atoms with van der Waals surface area (Å²) in [5.41, 5.74) is 5.11. The topological polar surface area (TPSA) is 88.9 Å². The Kier molecular flexibility index (Phi) is 5.98. The maximum atomic E-state index is 12.7. The standard InChI is InChI=1S/C21H22ClN5O2/c1-12-8-13(2)19(14(3)9-12)24-21(29)20-15(4)27(26-25-20)11-18(28)23-17-7-5-6-16(22)10-17/h5-10H,11H2,1-4H3,(H,23,28)(H,24,29). The molecule has 0 atom stereocenters. The highest BCUT2D eigenvalue weighted by Crippen LogP contribution is 2.23. The molecule has 1 aromatic heterocycles. The molecular formula is C21H22ClN5O2. The molecule has 2 N–H and O–H groups in total. The second-order valence-electron chi connectivity index (χ2n) is 6.97. The van der Waals surface area contributed by atoms with Gasteiger partial charge in [0.25, 0.3) is 5.91 Å². The third-order valence-electron chi connectivity index (χ3n) is 4.51. The molecule has 150 valence electrons. The lowest BCUT2D eigenvalue weighted by Crippen LogP contribution is -2.21. The number of carbonyl (C=O) groups excluding carboxylic acids is 2. The highest BCUT2D eigenvalue weighted by Gasteiger charge is 2.19. The van der Waals surface area contributed by atoms with Crippen LogP contribution in [0.5, 0.6) is 0 Å². The van der Waals surface area contributed by atoms with E-state index in [1.165, 1.54) is 4.68 Å². The van der Waals surface area contributed by atoms with Crippen LogP contribution in [0.2, 0.25) is 5.02 Å². The molecule has 0 saturated carbocycles. The summed E-state index contributed by atoms with van der Waals surface area (Å²) >= 11 is 5.93. The largest absolute Gasteiger partial charge is 0.324 e. The van der Waals surface area contributed by atoms with Crippen molar-refractivity contribution in [3.63, 3.8) is 0 Å². The van der Waals surface area contributed by atoms with E-state index in [4.69, 9.17) is 11.6 Å². The minimum absolute atomic E-state index is 0.0682. The summed E-state index contributed by atoms with van der Waals surface area (Å²) in [5, 5.41) is 14.1. The summed E-state index contributed by atoms with van der Waals surface area (Å²) in [6.45, 7) is 7.53. The minimum atomic E-state index is -0.362. The summed E-state index contributed by atoms with van der Waals surface area (Å²) < 4.78 is 1.39. The van der Waals surface area contributed by atoms with Crippen molar-refractivity contribution in [3.8, 4) is 0 Å². The first-order chi connectivity index (χ1) is 13.7. The highest BCUT2D eigenvalue weighted by atomic mass is 35.5. The molecule has 2 amide bonds. The Balaban J connectivity index is 1.72. The maximum Gasteiger partial charge on any atom is 0.278 e. The van der Waals surface area contributed by atoms with E-state index >= 15 is 0 Å². The van der Waals surface area contributed by atoms with Crippen LogP contribution in [0, 0.1) is 27.7 Å². The molecule has 0 fully saturated rings. The van der Waals surface area contributed by atoms with Gasteiger partial charge < -0.3 is 10.6 Å². The summed E-state index contributed by atoms with van der Waals surface area (Å²) in [4.78, 5) is 25.0. The Morgan fingerprint density at radius 2 is 1.72 bits per heavy atom. The van der Waals surface area contributed by atoms with E-state index in [1.54, 1.807) is 31.2 Å². The molecule has 29 heavy (non-hydrogen) atoms. The number of aromatic nitrogens is 3. The van der Waals surface area contributed by atoms with Gasteiger partial charge in [-0.25, -0.2) is 4.68 Å². The van der Waals surface area contributed by atoms with Gasteiger partial charge in [0, 0.05) is 16.4 Å². The number of hydrogen-bond donors (Lipinski definition) is 2. The zero-order chi connectivity index (χ0) is 21.1. The van der Waals surface area contributed by atoms with Crippen molar-refractivity contribution in [1.82, 2.24) is 15.0 Å². The number of amides is 2. The van der Waals surface area contributed by atoms with Gasteiger partial charge in [0.15, 0.2) is 5.69 Å². The Morgan fingerprint density at radius 3 is 2.38 bits per heavy atom. The number of carbonyl (C=O) groups is 2. The number of hydrogen-bond acceptors (Lipinski definition) is 4. The Morgan fingerprint density at radius 1 is 1.03 bits per heavy atom. The van der Waals surface area contributed by atoms with E-state index in [0.29, 0.717) is 16.4 Å². The molecule has 0 saturated heterocycles. The van der Waals surface area contributed by atoms with Crippen LogP contribution in [-0.4, -0.2) is 26.8 Å². The molecule has 0 bridgehead atoms. The maximum absolute atomic E-state index is 12.7. The van der Waals surface area contributed by atoms with Crippen molar-refractivity contribution in [2.24, 2.45) is 0 Å². The van der Waals surface area contributed by atoms with Crippen LogP contribution in [0.3, 0.4) is 0 Å². The Labute approximate surface area is 174 Å². The lowest BCUT2D eigenvalue weighted by atomic mass is 10.0. The van der Waals surface area contributed by atoms with E-state index < -0.39 is 0 Å². The normalized spacial score (nSPS) is 10.7. The summed E-state index contributed by atoms with van der Waals surface area (Å²) in [6, 6.07) is 10.9. The Hall–Kier alpha value is -3.19. The third kappa shape index (κ3) is 4.81. The molecule has 2 aromatic carbocycles. The van der Waals surface area contributed by atoms with Gasteiger partial charge in [-0.1, -0.05) is 40.6 Å². The van der Waals surface area contributed by atoms with Gasteiger partial charge in [0.1, 0.15) is 6.54 Å². The minimum Gasteiger partial charge on any atom is -0.324 e. The fourth-order valence-corrected chi connectivity index (χ4v) is 3.36. The molecule has 0 radical (unpaired) electrons. The van der Waals surface area contributed by atoms with E-state index in [1.807, 2.05) is 32.9 Å². The van der Waals surface area contributed by atoms with Gasteiger partial charge in [-0.05, 0) is 57.0 Å². The SMILES string of the molecule is Cc1cc(C)c(NC(=O)c2nnn(CC(=O)Nc3cccc(Cl)c3)c2C)c(C)c1. The fourth-order valence-electron chi connectivity index (χ4n) is 3.17. The van der Waals surface area contributed by atoms with E-state index in [0.717, 1.165) is 22.4 Å². The van der Waals surface area contributed by atoms with Crippen molar-refractivity contribution in [1.29, 1.82) is 0 Å². The van der Waals surface area contributed by atoms with Crippen molar-refractivity contribution in [3.05, 3.63) is 69.5 Å². The highest BCUT2D eigenvalue weighted by molar-refractivity contribution is 6.30. The molecule has 3 rings (SSSR count). The predicted octanol–water partition coefficient (Wildman–Crippen LogP) is 4.06. The summed E-state index contributed by atoms with van der Waals surface area (Å²) in [5.74, 6) is -0.656. The smallest absolute Gasteiger partial charge is 0.278 e. The van der Waals surface area contributed by atoms with Gasteiger partial charge in [-0.2, -0.15) is 0 Å². The lowest BCUT2D eigenvalue weighted by Gasteiger charge is -2.12. The monoisotopic (exact) mass is 411 g/mol. The number of halogens is 1. The van der Waals surface area contributed by atoms with Crippen LogP contribution in [0.25, 0.3) is 0 Å². The van der Waals surface area contributed by atoms with Crippen LogP contribution in [-0.2, 0) is 11.3 Å². The van der Waals surface area contributed by atoms with E-state index in [9.17, 15) is 9.59 Å². The lowest BCUT2D eigenvalue weighted by molar-refractivity contribution is -0.117. The molecule has 0 aliphatic heterocycles. The first-order valence-corrected chi connectivity index (χ1v) is 9.47. The molecule has 0 spiro atoms. The van der Waals surface area contributed by atoms with Crippen molar-refractivity contribution < 1.29 is 9.59 Å². The number of rotatable bonds is 5. The zero-order valence-corrected chi connectivity index (χ0v) is 17.5. The molecule has 8 heteroatoms. The first-order valence-electron chi connectivity index (χ1n) is 9.09. The molecular weight excluding hydrogens is 390 g/mol. The fraction of sp³-hybridized carbons (Fsp3) is 0.238. The zero-order valence-electron chi connectivity index (χ0n) is 16.7. The van der Waals surface area contributed by atoms with Gasteiger partial charge in [-0.15, -0.1) is 5.10 Å². The number of nitrogens with one attached hydrogen (secondary N) is 2. The molecule has 0 aliphatic carbocycles. The number of anilines is 2. The van der Waals surface area contributed by atoms with Crippen LogP contribution >= 0.6 is 11.6 Å². The number of aryl methyl sites for hydroxylation is 3. The van der Waals surface area contributed by atoms with Crippen LogP contribution in [0.15, 0.2) is 36.4 Å². The first kappa shape index (κ1) is 20.5. The van der Waals surface area contributed by atoms with Gasteiger partial charge in [0.2, 0.25) is 5.91 Å².